The molecule has 20 heavy (non-hydrogen) atoms. The molecule has 0 aliphatic rings. The predicted octanol–water partition coefficient (Wildman–Crippen LogP) is 3.24. The summed E-state index contributed by atoms with van der Waals surface area (Å²) in [6.45, 7) is 0. The monoisotopic (exact) mass is 291 g/mol. The fourth-order valence-corrected chi connectivity index (χ4v) is 1.94. The zero-order chi connectivity index (χ0) is 14.5. The van der Waals surface area contributed by atoms with Gasteiger partial charge in [0.05, 0.1) is 19.2 Å². The number of hydrogen-bond donors (Lipinski definition) is 2. The van der Waals surface area contributed by atoms with Crippen LogP contribution < -0.4 is 10.1 Å². The highest BCUT2D eigenvalue weighted by molar-refractivity contribution is 6.31. The highest BCUT2D eigenvalue weighted by Crippen LogP contribution is 2.27. The molecule has 0 bridgehead atoms. The summed E-state index contributed by atoms with van der Waals surface area (Å²) in [5.41, 5.74) is 1.34. The van der Waals surface area contributed by atoms with Gasteiger partial charge in [0.25, 0.3) is 0 Å². The lowest BCUT2D eigenvalue weighted by Gasteiger charge is -2.10. The number of nitrogens with one attached hydrogen (secondary N) is 1. The Balaban J connectivity index is 2.08. The third-order valence-corrected chi connectivity index (χ3v) is 2.97. The Morgan fingerprint density at radius 2 is 1.95 bits per heavy atom. The summed E-state index contributed by atoms with van der Waals surface area (Å²) in [5, 5.41) is 12.5. The molecule has 104 valence electrons. The summed E-state index contributed by atoms with van der Waals surface area (Å²) < 4.78 is 5.16. The van der Waals surface area contributed by atoms with Gasteiger partial charge >= 0.3 is 0 Å². The van der Waals surface area contributed by atoms with E-state index in [0.29, 0.717) is 16.5 Å². The van der Waals surface area contributed by atoms with Crippen molar-refractivity contribution in [1.29, 1.82) is 0 Å². The summed E-state index contributed by atoms with van der Waals surface area (Å²) in [5.74, 6) is 0.537. The Kier molecular flexibility index (Phi) is 4.48. The molecule has 0 saturated heterocycles. The molecule has 2 aromatic carbocycles. The van der Waals surface area contributed by atoms with Gasteiger partial charge in [-0.1, -0.05) is 23.7 Å². The van der Waals surface area contributed by atoms with Crippen LogP contribution in [0.25, 0.3) is 0 Å². The average molecular weight is 292 g/mol. The fourth-order valence-electron chi connectivity index (χ4n) is 1.77. The first-order chi connectivity index (χ1) is 9.58. The third-order valence-electron chi connectivity index (χ3n) is 2.74. The molecule has 0 aromatic heterocycles. The molecule has 0 saturated carbocycles. The Bertz CT molecular complexity index is 611. The quantitative estimate of drug-likeness (QED) is 0.909. The van der Waals surface area contributed by atoms with Gasteiger partial charge in [0.15, 0.2) is 0 Å². The van der Waals surface area contributed by atoms with Crippen molar-refractivity contribution in [3.63, 3.8) is 0 Å². The van der Waals surface area contributed by atoms with Gasteiger partial charge in [-0.3, -0.25) is 4.79 Å². The summed E-state index contributed by atoms with van der Waals surface area (Å²) in [6, 6.07) is 11.5. The van der Waals surface area contributed by atoms with Gasteiger partial charge < -0.3 is 15.2 Å². The van der Waals surface area contributed by atoms with Crippen molar-refractivity contribution < 1.29 is 14.6 Å². The minimum atomic E-state index is -0.184. The van der Waals surface area contributed by atoms with Crippen LogP contribution in [0.3, 0.4) is 0 Å². The SMILES string of the molecule is COc1ccc(Cl)cc1NC(=O)Cc1ccc(O)cc1. The van der Waals surface area contributed by atoms with Crippen LogP contribution in [-0.2, 0) is 11.2 Å². The van der Waals surface area contributed by atoms with Crippen LogP contribution in [0.2, 0.25) is 5.02 Å². The van der Waals surface area contributed by atoms with E-state index in [9.17, 15) is 9.90 Å². The molecule has 4 nitrogen and oxygen atoms in total. The number of phenolic OH excluding ortho intramolecular Hbond substituents is 1. The van der Waals surface area contributed by atoms with E-state index in [2.05, 4.69) is 5.32 Å². The predicted molar refractivity (Wildman–Crippen MR) is 78.4 cm³/mol. The number of aromatic hydroxyl groups is 1. The van der Waals surface area contributed by atoms with Crippen LogP contribution in [0, 0.1) is 0 Å². The van der Waals surface area contributed by atoms with Gasteiger partial charge in [-0.25, -0.2) is 0 Å². The van der Waals surface area contributed by atoms with Crippen LogP contribution in [0.1, 0.15) is 5.56 Å². The number of anilines is 1. The molecule has 2 aromatic rings. The number of benzene rings is 2. The molecule has 0 aliphatic carbocycles. The van der Waals surface area contributed by atoms with E-state index in [1.807, 2.05) is 0 Å². The molecule has 5 heteroatoms. The van der Waals surface area contributed by atoms with Gasteiger partial charge in [-0.15, -0.1) is 0 Å². The zero-order valence-corrected chi connectivity index (χ0v) is 11.6. The van der Waals surface area contributed by atoms with E-state index in [0.717, 1.165) is 5.56 Å². The van der Waals surface area contributed by atoms with Crippen LogP contribution >= 0.6 is 11.6 Å². The van der Waals surface area contributed by atoms with Crippen LogP contribution in [0.5, 0.6) is 11.5 Å². The first-order valence-corrected chi connectivity index (χ1v) is 6.37. The topological polar surface area (TPSA) is 58.6 Å². The van der Waals surface area contributed by atoms with Gasteiger partial charge in [-0.2, -0.15) is 0 Å². The number of carbonyl (C=O) groups excluding carboxylic acids is 1. The Morgan fingerprint density at radius 3 is 2.60 bits per heavy atom. The maximum atomic E-state index is 12.0. The van der Waals surface area contributed by atoms with Crippen LogP contribution in [-0.4, -0.2) is 18.1 Å². The maximum absolute atomic E-state index is 12.0. The van der Waals surface area contributed by atoms with E-state index in [4.69, 9.17) is 16.3 Å². The molecule has 0 aliphatic heterocycles. The van der Waals surface area contributed by atoms with E-state index in [-0.39, 0.29) is 18.1 Å². The van der Waals surface area contributed by atoms with E-state index < -0.39 is 0 Å². The summed E-state index contributed by atoms with van der Waals surface area (Å²) in [4.78, 5) is 12.0. The van der Waals surface area contributed by atoms with Crippen molar-refractivity contribution in [2.45, 2.75) is 6.42 Å². The number of hydrogen-bond acceptors (Lipinski definition) is 3. The number of halogens is 1. The largest absolute Gasteiger partial charge is 0.508 e. The molecule has 2 N–H and O–H groups in total. The standard InChI is InChI=1S/C15H14ClNO3/c1-20-14-7-4-11(16)9-13(14)17-15(19)8-10-2-5-12(18)6-3-10/h2-7,9,18H,8H2,1H3,(H,17,19). The molecule has 1 amide bonds. The van der Waals surface area contributed by atoms with Crippen LogP contribution in [0.4, 0.5) is 5.69 Å². The van der Waals surface area contributed by atoms with Gasteiger partial charge in [0.1, 0.15) is 11.5 Å². The van der Waals surface area contributed by atoms with E-state index in [1.54, 1.807) is 42.5 Å². The van der Waals surface area contributed by atoms with Crippen LogP contribution in [0.15, 0.2) is 42.5 Å². The number of rotatable bonds is 4. The number of ether oxygens (including phenoxy) is 1. The highest BCUT2D eigenvalue weighted by Gasteiger charge is 2.09. The molecule has 0 spiro atoms. The molecule has 0 heterocycles. The minimum Gasteiger partial charge on any atom is -0.508 e. The summed E-state index contributed by atoms with van der Waals surface area (Å²) in [7, 11) is 1.53. The van der Waals surface area contributed by atoms with Gasteiger partial charge in [0, 0.05) is 5.02 Å². The smallest absolute Gasteiger partial charge is 0.228 e. The van der Waals surface area contributed by atoms with Gasteiger partial charge in [0.2, 0.25) is 5.91 Å². The number of carbonyl (C=O) groups is 1. The maximum Gasteiger partial charge on any atom is 0.228 e. The normalized spacial score (nSPS) is 10.1. The summed E-state index contributed by atoms with van der Waals surface area (Å²) in [6.07, 6.45) is 0.204. The van der Waals surface area contributed by atoms with Crippen molar-refractivity contribution in [2.24, 2.45) is 0 Å². The van der Waals surface area contributed by atoms with E-state index >= 15 is 0 Å². The Hall–Kier alpha value is -2.20. The third kappa shape index (κ3) is 3.65. The first-order valence-electron chi connectivity index (χ1n) is 6.00. The number of phenols is 1. The number of amides is 1. The van der Waals surface area contributed by atoms with Crippen molar-refractivity contribution >= 4 is 23.2 Å². The molecule has 0 unspecified atom stereocenters. The molecule has 0 atom stereocenters. The van der Waals surface area contributed by atoms with Crippen molar-refractivity contribution in [3.8, 4) is 11.5 Å². The van der Waals surface area contributed by atoms with Crippen molar-refractivity contribution in [2.75, 3.05) is 12.4 Å². The lowest BCUT2D eigenvalue weighted by molar-refractivity contribution is -0.115. The zero-order valence-electron chi connectivity index (χ0n) is 10.9. The lowest BCUT2D eigenvalue weighted by Crippen LogP contribution is -2.15. The fraction of sp³-hybridized carbons (Fsp3) is 0.133. The minimum absolute atomic E-state index is 0.172. The molecular formula is C15H14ClNO3. The molecule has 2 rings (SSSR count). The highest BCUT2D eigenvalue weighted by atomic mass is 35.5. The second kappa shape index (κ2) is 6.30. The number of methoxy groups -OCH3 is 1. The second-order valence-electron chi connectivity index (χ2n) is 4.24. The summed E-state index contributed by atoms with van der Waals surface area (Å²) >= 11 is 5.90. The Morgan fingerprint density at radius 1 is 1.25 bits per heavy atom. The average Bonchev–Trinajstić information content (AvgIpc) is 2.41. The van der Waals surface area contributed by atoms with Gasteiger partial charge in [-0.05, 0) is 35.9 Å². The van der Waals surface area contributed by atoms with Crippen molar-refractivity contribution in [1.82, 2.24) is 0 Å². The molecule has 0 radical (unpaired) electrons. The molecule has 0 fully saturated rings. The van der Waals surface area contributed by atoms with Crippen molar-refractivity contribution in [3.05, 3.63) is 53.1 Å². The second-order valence-corrected chi connectivity index (χ2v) is 4.67. The molecular weight excluding hydrogens is 278 g/mol. The Labute approximate surface area is 122 Å². The first kappa shape index (κ1) is 14.2. The van der Waals surface area contributed by atoms with E-state index in [1.165, 1.54) is 7.11 Å². The lowest BCUT2D eigenvalue weighted by atomic mass is 10.1.